The third kappa shape index (κ3) is 6.36. The molecule has 190 valence electrons. The van der Waals surface area contributed by atoms with Gasteiger partial charge in [-0.2, -0.15) is 0 Å². The molecule has 36 heavy (non-hydrogen) atoms. The summed E-state index contributed by atoms with van der Waals surface area (Å²) in [5.74, 6) is 0.0434. The highest BCUT2D eigenvalue weighted by Crippen LogP contribution is 2.29. The van der Waals surface area contributed by atoms with Crippen molar-refractivity contribution in [1.82, 2.24) is 15.0 Å². The summed E-state index contributed by atoms with van der Waals surface area (Å²) in [5, 5.41) is 20.8. The summed E-state index contributed by atoms with van der Waals surface area (Å²) in [5.41, 5.74) is 8.08. The number of allylic oxidation sites excluding steroid dienone is 4. The van der Waals surface area contributed by atoms with Gasteiger partial charge >= 0.3 is 0 Å². The van der Waals surface area contributed by atoms with E-state index in [2.05, 4.69) is 35.5 Å². The van der Waals surface area contributed by atoms with Crippen LogP contribution in [0.4, 0.5) is 5.69 Å². The summed E-state index contributed by atoms with van der Waals surface area (Å²) in [6.45, 7) is 12.1. The smallest absolute Gasteiger partial charge is 0.156 e. The molecule has 0 radical (unpaired) electrons. The molecule has 0 bridgehead atoms. The molecule has 1 aromatic heterocycles. The SMILES string of the molecule is CCCC(CCC)Nc1cc(-n2nnc3ccccc32)cc(C/C(C(C)=O)=C(\C)C=C(C)C)c1C=N. The van der Waals surface area contributed by atoms with Gasteiger partial charge < -0.3 is 10.7 Å². The molecule has 0 amide bonds. The molecule has 2 aromatic carbocycles. The fourth-order valence-electron chi connectivity index (χ4n) is 4.77. The van der Waals surface area contributed by atoms with E-state index in [0.717, 1.165) is 75.9 Å². The number of rotatable bonds is 12. The number of nitrogens with one attached hydrogen (secondary N) is 2. The van der Waals surface area contributed by atoms with E-state index in [1.807, 2.05) is 61.9 Å². The molecular weight excluding hydrogens is 446 g/mol. The van der Waals surface area contributed by atoms with E-state index in [1.165, 1.54) is 6.21 Å². The molecule has 0 aliphatic rings. The highest BCUT2D eigenvalue weighted by molar-refractivity contribution is 5.96. The molecular formula is C30H39N5O. The first-order chi connectivity index (χ1) is 17.3. The number of para-hydroxylation sites is 1. The van der Waals surface area contributed by atoms with Gasteiger partial charge in [0, 0.05) is 35.5 Å². The van der Waals surface area contributed by atoms with Crippen molar-refractivity contribution in [1.29, 1.82) is 5.41 Å². The Morgan fingerprint density at radius 2 is 1.78 bits per heavy atom. The Morgan fingerprint density at radius 1 is 1.08 bits per heavy atom. The van der Waals surface area contributed by atoms with E-state index in [4.69, 9.17) is 5.41 Å². The molecule has 0 unspecified atom stereocenters. The van der Waals surface area contributed by atoms with Crippen molar-refractivity contribution in [2.75, 3.05) is 5.32 Å². The van der Waals surface area contributed by atoms with Crippen LogP contribution in [0, 0.1) is 5.41 Å². The molecule has 2 N–H and O–H groups in total. The van der Waals surface area contributed by atoms with Crippen LogP contribution < -0.4 is 5.32 Å². The fraction of sp³-hybridized carbons (Fsp3) is 0.400. The third-order valence-corrected chi connectivity index (χ3v) is 6.40. The largest absolute Gasteiger partial charge is 0.382 e. The van der Waals surface area contributed by atoms with Crippen LogP contribution in [-0.4, -0.2) is 33.0 Å². The number of fused-ring (bicyclic) bond motifs is 1. The number of anilines is 1. The molecule has 3 aromatic rings. The summed E-state index contributed by atoms with van der Waals surface area (Å²) in [6, 6.07) is 12.3. The van der Waals surface area contributed by atoms with Crippen LogP contribution >= 0.6 is 0 Å². The maximum atomic E-state index is 12.7. The first-order valence-corrected chi connectivity index (χ1v) is 12.9. The fourth-order valence-corrected chi connectivity index (χ4v) is 4.77. The second-order valence-corrected chi connectivity index (χ2v) is 9.74. The highest BCUT2D eigenvalue weighted by atomic mass is 16.1. The lowest BCUT2D eigenvalue weighted by Crippen LogP contribution is -2.21. The molecule has 0 atom stereocenters. The van der Waals surface area contributed by atoms with E-state index in [0.29, 0.717) is 12.5 Å². The lowest BCUT2D eigenvalue weighted by molar-refractivity contribution is -0.113. The van der Waals surface area contributed by atoms with Crippen LogP contribution in [0.5, 0.6) is 0 Å². The van der Waals surface area contributed by atoms with Gasteiger partial charge in [0.05, 0.1) is 11.2 Å². The first kappa shape index (κ1) is 27.1. The normalized spacial score (nSPS) is 12.0. The average molecular weight is 486 g/mol. The minimum Gasteiger partial charge on any atom is -0.382 e. The molecule has 6 nitrogen and oxygen atoms in total. The van der Waals surface area contributed by atoms with Crippen molar-refractivity contribution in [2.24, 2.45) is 0 Å². The second-order valence-electron chi connectivity index (χ2n) is 9.74. The number of carbonyl (C=O) groups excluding carboxylic acids is 1. The van der Waals surface area contributed by atoms with Crippen molar-refractivity contribution in [3.05, 3.63) is 70.3 Å². The lowest BCUT2D eigenvalue weighted by atomic mass is 9.92. The van der Waals surface area contributed by atoms with Gasteiger partial charge in [0.2, 0.25) is 0 Å². The third-order valence-electron chi connectivity index (χ3n) is 6.40. The van der Waals surface area contributed by atoms with Crippen molar-refractivity contribution in [2.45, 2.75) is 79.7 Å². The van der Waals surface area contributed by atoms with E-state index in [-0.39, 0.29) is 5.78 Å². The molecule has 0 saturated carbocycles. The molecule has 3 rings (SSSR count). The van der Waals surface area contributed by atoms with Crippen LogP contribution in [-0.2, 0) is 11.2 Å². The number of carbonyl (C=O) groups is 1. The number of nitrogens with zero attached hydrogens (tertiary/aromatic N) is 3. The monoisotopic (exact) mass is 485 g/mol. The van der Waals surface area contributed by atoms with E-state index in [9.17, 15) is 4.79 Å². The number of hydrogen-bond donors (Lipinski definition) is 2. The maximum absolute atomic E-state index is 12.7. The number of aromatic nitrogens is 3. The Morgan fingerprint density at radius 3 is 2.39 bits per heavy atom. The standard InChI is InChI=1S/C30H39N5O/c1-7-11-24(12-8-2)32-29-18-25(35-30-14-10-9-13-28(30)33-34-35)16-23(27(29)19-31)17-26(22(6)36)21(5)15-20(3)4/h9-10,13-16,18-19,24,31-32H,7-8,11-12,17H2,1-6H3/b26-21-,31-19?. The van der Waals surface area contributed by atoms with Crippen molar-refractivity contribution in [3.8, 4) is 5.69 Å². The van der Waals surface area contributed by atoms with Gasteiger partial charge in [-0.15, -0.1) is 5.10 Å². The van der Waals surface area contributed by atoms with Gasteiger partial charge in [0.25, 0.3) is 0 Å². The Labute approximate surface area is 215 Å². The number of hydrogen-bond acceptors (Lipinski definition) is 5. The molecule has 1 heterocycles. The molecule has 0 fully saturated rings. The summed E-state index contributed by atoms with van der Waals surface area (Å²) in [4.78, 5) is 12.7. The van der Waals surface area contributed by atoms with Gasteiger partial charge in [-0.1, -0.05) is 55.7 Å². The van der Waals surface area contributed by atoms with Crippen LogP contribution in [0.15, 0.2) is 59.2 Å². The Hall–Kier alpha value is -3.54. The van der Waals surface area contributed by atoms with E-state index >= 15 is 0 Å². The zero-order chi connectivity index (χ0) is 26.2. The molecule has 0 spiro atoms. The molecule has 0 aliphatic carbocycles. The highest BCUT2D eigenvalue weighted by Gasteiger charge is 2.18. The van der Waals surface area contributed by atoms with Crippen molar-refractivity contribution >= 4 is 28.7 Å². The minimum absolute atomic E-state index is 0.0434. The van der Waals surface area contributed by atoms with Gasteiger partial charge in [0.15, 0.2) is 5.78 Å². The predicted octanol–water partition coefficient (Wildman–Crippen LogP) is 7.21. The zero-order valence-corrected chi connectivity index (χ0v) is 22.5. The molecule has 6 heteroatoms. The van der Waals surface area contributed by atoms with Gasteiger partial charge in [0.1, 0.15) is 5.52 Å². The van der Waals surface area contributed by atoms with E-state index in [1.54, 1.807) is 6.92 Å². The van der Waals surface area contributed by atoms with E-state index < -0.39 is 0 Å². The van der Waals surface area contributed by atoms with Crippen LogP contribution in [0.1, 0.15) is 78.4 Å². The van der Waals surface area contributed by atoms with Crippen LogP contribution in [0.3, 0.4) is 0 Å². The molecule has 0 saturated heterocycles. The predicted molar refractivity (Wildman–Crippen MR) is 150 cm³/mol. The number of ketones is 1. The Bertz CT molecular complexity index is 1290. The second kappa shape index (κ2) is 12.4. The lowest BCUT2D eigenvalue weighted by Gasteiger charge is -2.23. The van der Waals surface area contributed by atoms with Gasteiger partial charge in [-0.3, -0.25) is 4.79 Å². The first-order valence-electron chi connectivity index (χ1n) is 12.9. The quantitative estimate of drug-likeness (QED) is 0.161. The maximum Gasteiger partial charge on any atom is 0.156 e. The average Bonchev–Trinajstić information content (AvgIpc) is 3.26. The Balaban J connectivity index is 2.23. The van der Waals surface area contributed by atoms with Gasteiger partial charge in [-0.25, -0.2) is 4.68 Å². The molecule has 0 aliphatic heterocycles. The topological polar surface area (TPSA) is 83.7 Å². The van der Waals surface area contributed by atoms with Crippen molar-refractivity contribution in [3.63, 3.8) is 0 Å². The van der Waals surface area contributed by atoms with Crippen LogP contribution in [0.25, 0.3) is 16.7 Å². The summed E-state index contributed by atoms with van der Waals surface area (Å²) in [7, 11) is 0. The number of benzene rings is 2. The Kier molecular flexibility index (Phi) is 9.34. The van der Waals surface area contributed by atoms with Crippen molar-refractivity contribution < 1.29 is 4.79 Å². The minimum atomic E-state index is 0.0434. The summed E-state index contributed by atoms with van der Waals surface area (Å²) in [6.07, 6.45) is 8.16. The summed E-state index contributed by atoms with van der Waals surface area (Å²) < 4.78 is 1.84. The van der Waals surface area contributed by atoms with Gasteiger partial charge in [-0.05, 0) is 75.9 Å². The van der Waals surface area contributed by atoms with Crippen LogP contribution in [0.2, 0.25) is 0 Å². The zero-order valence-electron chi connectivity index (χ0n) is 22.5. The summed E-state index contributed by atoms with van der Waals surface area (Å²) >= 11 is 0. The number of Topliss-reactive ketones (excluding diaryl/α,β-unsaturated/α-hetero) is 1.